The average molecular weight is 399 g/mol. The van der Waals surface area contributed by atoms with Crippen molar-refractivity contribution in [1.29, 1.82) is 0 Å². The summed E-state index contributed by atoms with van der Waals surface area (Å²) in [5.74, 6) is -0.113. The molecule has 0 saturated carbocycles. The van der Waals surface area contributed by atoms with Crippen LogP contribution in [0.5, 0.6) is 0 Å². The van der Waals surface area contributed by atoms with Crippen LogP contribution in [-0.2, 0) is 4.79 Å². The van der Waals surface area contributed by atoms with Gasteiger partial charge in [-0.25, -0.2) is 0 Å². The molecular weight excluding hydrogens is 376 g/mol. The van der Waals surface area contributed by atoms with Gasteiger partial charge in [-0.15, -0.1) is 11.3 Å². The van der Waals surface area contributed by atoms with Gasteiger partial charge in [0.25, 0.3) is 0 Å². The molecule has 0 fully saturated rings. The van der Waals surface area contributed by atoms with E-state index in [1.165, 1.54) is 10.4 Å². The van der Waals surface area contributed by atoms with Gasteiger partial charge in [-0.3, -0.25) is 10.1 Å². The molecule has 0 aliphatic rings. The second kappa shape index (κ2) is 8.70. The van der Waals surface area contributed by atoms with Gasteiger partial charge >= 0.3 is 0 Å². The molecule has 3 nitrogen and oxygen atoms in total. The summed E-state index contributed by atoms with van der Waals surface area (Å²) in [4.78, 5) is 13.7. The Morgan fingerprint density at radius 1 is 1.07 bits per heavy atom. The van der Waals surface area contributed by atoms with Crippen molar-refractivity contribution in [3.05, 3.63) is 86.1 Å². The Labute approximate surface area is 169 Å². The van der Waals surface area contributed by atoms with Crippen molar-refractivity contribution in [2.24, 2.45) is 0 Å². The SMILES string of the molecule is Cc1ccc([C@@H](NCC(=O)Nc2c(C)cc(C)cc2Cl)c2cccs2)cc1. The van der Waals surface area contributed by atoms with Crippen LogP contribution in [0, 0.1) is 20.8 Å². The highest BCUT2D eigenvalue weighted by Gasteiger charge is 2.17. The predicted octanol–water partition coefficient (Wildman–Crippen LogP) is 5.64. The molecule has 0 unspecified atom stereocenters. The Kier molecular flexibility index (Phi) is 6.32. The Bertz CT molecular complexity index is 897. The Morgan fingerprint density at radius 2 is 1.81 bits per heavy atom. The fraction of sp³-hybridized carbons (Fsp3) is 0.227. The molecule has 0 aliphatic heterocycles. The molecule has 0 spiro atoms. The van der Waals surface area contributed by atoms with E-state index in [1.54, 1.807) is 11.3 Å². The number of nitrogens with one attached hydrogen (secondary N) is 2. The average Bonchev–Trinajstić information content (AvgIpc) is 3.14. The minimum absolute atomic E-state index is 0.0223. The lowest BCUT2D eigenvalue weighted by molar-refractivity contribution is -0.115. The van der Waals surface area contributed by atoms with Gasteiger partial charge in [0, 0.05) is 4.88 Å². The van der Waals surface area contributed by atoms with E-state index in [1.807, 2.05) is 37.4 Å². The molecule has 1 atom stereocenters. The molecule has 27 heavy (non-hydrogen) atoms. The van der Waals surface area contributed by atoms with E-state index >= 15 is 0 Å². The summed E-state index contributed by atoms with van der Waals surface area (Å²) in [7, 11) is 0. The van der Waals surface area contributed by atoms with Crippen molar-refractivity contribution in [2.45, 2.75) is 26.8 Å². The van der Waals surface area contributed by atoms with Crippen LogP contribution in [0.2, 0.25) is 5.02 Å². The van der Waals surface area contributed by atoms with Crippen molar-refractivity contribution in [3.63, 3.8) is 0 Å². The van der Waals surface area contributed by atoms with Gasteiger partial charge in [-0.05, 0) is 55.0 Å². The number of amides is 1. The number of anilines is 1. The highest BCUT2D eigenvalue weighted by molar-refractivity contribution is 7.10. The molecule has 2 aromatic carbocycles. The van der Waals surface area contributed by atoms with Crippen LogP contribution in [-0.4, -0.2) is 12.5 Å². The smallest absolute Gasteiger partial charge is 0.238 e. The quantitative estimate of drug-likeness (QED) is 0.563. The first kappa shape index (κ1) is 19.6. The zero-order chi connectivity index (χ0) is 19.4. The van der Waals surface area contributed by atoms with Crippen LogP contribution in [0.4, 0.5) is 5.69 Å². The fourth-order valence-corrected chi connectivity index (χ4v) is 4.24. The van der Waals surface area contributed by atoms with E-state index in [0.717, 1.165) is 16.7 Å². The maximum absolute atomic E-state index is 12.5. The highest BCUT2D eigenvalue weighted by Crippen LogP contribution is 2.28. The number of benzene rings is 2. The van der Waals surface area contributed by atoms with Gasteiger partial charge in [0.15, 0.2) is 0 Å². The van der Waals surface area contributed by atoms with Crippen LogP contribution in [0.3, 0.4) is 0 Å². The van der Waals surface area contributed by atoms with Gasteiger partial charge in [-0.2, -0.15) is 0 Å². The maximum atomic E-state index is 12.5. The minimum Gasteiger partial charge on any atom is -0.323 e. The molecule has 2 N–H and O–H groups in total. The molecule has 5 heteroatoms. The second-order valence-electron chi connectivity index (χ2n) is 6.73. The summed E-state index contributed by atoms with van der Waals surface area (Å²) in [5.41, 5.74) is 5.07. The van der Waals surface area contributed by atoms with Gasteiger partial charge in [0.1, 0.15) is 0 Å². The number of thiophene rings is 1. The third-order valence-corrected chi connectivity index (χ3v) is 5.64. The van der Waals surface area contributed by atoms with Gasteiger partial charge in [-0.1, -0.05) is 53.6 Å². The largest absolute Gasteiger partial charge is 0.323 e. The molecule has 3 aromatic rings. The number of hydrogen-bond donors (Lipinski definition) is 2. The highest BCUT2D eigenvalue weighted by atomic mass is 35.5. The van der Waals surface area contributed by atoms with Gasteiger partial charge < -0.3 is 5.32 Å². The van der Waals surface area contributed by atoms with Crippen molar-refractivity contribution >= 4 is 34.5 Å². The standard InChI is InChI=1S/C22H23ClN2OS/c1-14-6-8-17(9-7-14)22(19-5-4-10-27-19)24-13-20(26)25-21-16(3)11-15(2)12-18(21)23/h4-12,22,24H,13H2,1-3H3,(H,25,26)/t22-/m1/s1. The number of aryl methyl sites for hydroxylation is 3. The predicted molar refractivity (Wildman–Crippen MR) is 115 cm³/mol. The first-order valence-electron chi connectivity index (χ1n) is 8.84. The Hall–Kier alpha value is -2.14. The molecular formula is C22H23ClN2OS. The van der Waals surface area contributed by atoms with Gasteiger partial charge in [0.05, 0.1) is 23.3 Å². The summed E-state index contributed by atoms with van der Waals surface area (Å²) in [5, 5.41) is 8.93. The van der Waals surface area contributed by atoms with E-state index in [4.69, 9.17) is 11.6 Å². The van der Waals surface area contributed by atoms with Crippen molar-refractivity contribution in [3.8, 4) is 0 Å². The van der Waals surface area contributed by atoms with Crippen molar-refractivity contribution in [1.82, 2.24) is 5.32 Å². The number of halogens is 1. The van der Waals surface area contributed by atoms with Crippen molar-refractivity contribution in [2.75, 3.05) is 11.9 Å². The lowest BCUT2D eigenvalue weighted by atomic mass is 10.0. The third-order valence-electron chi connectivity index (χ3n) is 4.40. The second-order valence-corrected chi connectivity index (χ2v) is 8.11. The maximum Gasteiger partial charge on any atom is 0.238 e. The first-order chi connectivity index (χ1) is 12.9. The molecule has 0 aliphatic carbocycles. The molecule has 1 amide bonds. The zero-order valence-corrected chi connectivity index (χ0v) is 17.2. The normalized spacial score (nSPS) is 12.0. The van der Waals surface area contributed by atoms with Crippen LogP contribution >= 0.6 is 22.9 Å². The lowest BCUT2D eigenvalue weighted by Gasteiger charge is -2.19. The summed E-state index contributed by atoms with van der Waals surface area (Å²) < 4.78 is 0. The Balaban J connectivity index is 1.72. The van der Waals surface area contributed by atoms with E-state index in [2.05, 4.69) is 47.9 Å². The topological polar surface area (TPSA) is 41.1 Å². The Morgan fingerprint density at radius 3 is 2.44 bits per heavy atom. The molecule has 1 aromatic heterocycles. The van der Waals surface area contributed by atoms with Gasteiger partial charge in [0.2, 0.25) is 5.91 Å². The number of carbonyl (C=O) groups is 1. The lowest BCUT2D eigenvalue weighted by Crippen LogP contribution is -2.31. The van der Waals surface area contributed by atoms with Crippen LogP contribution in [0.25, 0.3) is 0 Å². The summed E-state index contributed by atoms with van der Waals surface area (Å²) in [6.07, 6.45) is 0. The first-order valence-corrected chi connectivity index (χ1v) is 10.1. The third kappa shape index (κ3) is 4.98. The summed E-state index contributed by atoms with van der Waals surface area (Å²) >= 11 is 7.98. The molecule has 0 bridgehead atoms. The van der Waals surface area contributed by atoms with E-state index < -0.39 is 0 Å². The molecule has 0 radical (unpaired) electrons. The van der Waals surface area contributed by atoms with Crippen LogP contribution in [0.15, 0.2) is 53.9 Å². The zero-order valence-electron chi connectivity index (χ0n) is 15.7. The monoisotopic (exact) mass is 398 g/mol. The minimum atomic E-state index is -0.113. The molecule has 140 valence electrons. The molecule has 0 saturated heterocycles. The number of hydrogen-bond acceptors (Lipinski definition) is 3. The number of rotatable bonds is 6. The molecule has 3 rings (SSSR count). The number of carbonyl (C=O) groups excluding carboxylic acids is 1. The van der Waals surface area contributed by atoms with E-state index in [9.17, 15) is 4.79 Å². The summed E-state index contributed by atoms with van der Waals surface area (Å²) in [6, 6.07) is 16.3. The van der Waals surface area contributed by atoms with E-state index in [-0.39, 0.29) is 18.5 Å². The van der Waals surface area contributed by atoms with Crippen LogP contribution in [0.1, 0.15) is 33.2 Å². The molecule has 1 heterocycles. The van der Waals surface area contributed by atoms with Crippen LogP contribution < -0.4 is 10.6 Å². The fourth-order valence-electron chi connectivity index (χ4n) is 3.05. The van der Waals surface area contributed by atoms with E-state index in [0.29, 0.717) is 10.7 Å². The van der Waals surface area contributed by atoms with Crippen molar-refractivity contribution < 1.29 is 4.79 Å². The summed E-state index contributed by atoms with van der Waals surface area (Å²) in [6.45, 7) is 6.19.